The standard InChI is InChI=1S/C28H27N3O6/c1-33-23-11-10-18(14-24(23)34-2)22-15-20(19-8-6-7-9-21(19)30-22)28(32)31-29-16-17-12-25(35-3)27(37-5)26(13-17)36-4/h6-16H,1-5H3,(H,31,32). The summed E-state index contributed by atoms with van der Waals surface area (Å²) in [5, 5.41) is 4.85. The SMILES string of the molecule is COc1ccc(-c2cc(C(=O)NN=Cc3cc(OC)c(OC)c(OC)c3)c3ccccc3n2)cc1OC. The minimum atomic E-state index is -0.385. The number of hydrogen-bond donors (Lipinski definition) is 1. The van der Waals surface area contributed by atoms with Crippen molar-refractivity contribution in [3.05, 3.63) is 71.8 Å². The van der Waals surface area contributed by atoms with Gasteiger partial charge in [0.05, 0.1) is 58.5 Å². The number of carbonyl (C=O) groups excluding carboxylic acids is 1. The van der Waals surface area contributed by atoms with Gasteiger partial charge < -0.3 is 23.7 Å². The maximum atomic E-state index is 13.2. The van der Waals surface area contributed by atoms with Gasteiger partial charge in [-0.25, -0.2) is 10.4 Å². The Balaban J connectivity index is 1.67. The Morgan fingerprint density at radius 3 is 2.11 bits per heavy atom. The molecule has 190 valence electrons. The Kier molecular flexibility index (Phi) is 7.73. The average Bonchev–Trinajstić information content (AvgIpc) is 2.95. The van der Waals surface area contributed by atoms with Crippen molar-refractivity contribution < 1.29 is 28.5 Å². The topological polar surface area (TPSA) is 101 Å². The first-order valence-corrected chi connectivity index (χ1v) is 11.3. The lowest BCUT2D eigenvalue weighted by Crippen LogP contribution is -2.18. The molecule has 0 aliphatic rings. The molecule has 0 saturated carbocycles. The van der Waals surface area contributed by atoms with Crippen molar-refractivity contribution in [2.24, 2.45) is 5.10 Å². The highest BCUT2D eigenvalue weighted by Gasteiger charge is 2.16. The summed E-state index contributed by atoms with van der Waals surface area (Å²) in [5.41, 5.74) is 5.75. The Morgan fingerprint density at radius 2 is 1.46 bits per heavy atom. The molecule has 1 N–H and O–H groups in total. The molecule has 0 radical (unpaired) electrons. The first kappa shape index (κ1) is 25.3. The van der Waals surface area contributed by atoms with Crippen molar-refractivity contribution in [2.45, 2.75) is 0 Å². The van der Waals surface area contributed by atoms with Crippen LogP contribution in [-0.2, 0) is 0 Å². The smallest absolute Gasteiger partial charge is 0.272 e. The van der Waals surface area contributed by atoms with E-state index in [0.29, 0.717) is 56.5 Å². The maximum Gasteiger partial charge on any atom is 0.272 e. The maximum absolute atomic E-state index is 13.2. The number of amides is 1. The van der Waals surface area contributed by atoms with E-state index in [1.807, 2.05) is 36.4 Å². The van der Waals surface area contributed by atoms with Crippen LogP contribution >= 0.6 is 0 Å². The first-order chi connectivity index (χ1) is 18.0. The van der Waals surface area contributed by atoms with Crippen molar-refractivity contribution in [3.8, 4) is 40.0 Å². The van der Waals surface area contributed by atoms with Gasteiger partial charge in [0.2, 0.25) is 5.75 Å². The van der Waals surface area contributed by atoms with Gasteiger partial charge in [-0.15, -0.1) is 0 Å². The van der Waals surface area contributed by atoms with Gasteiger partial charge in [0.25, 0.3) is 5.91 Å². The van der Waals surface area contributed by atoms with E-state index in [1.165, 1.54) is 27.5 Å². The molecule has 9 nitrogen and oxygen atoms in total. The van der Waals surface area contributed by atoms with E-state index in [1.54, 1.807) is 38.5 Å². The minimum absolute atomic E-state index is 0.385. The number of hydrazone groups is 1. The van der Waals surface area contributed by atoms with Crippen LogP contribution in [0.25, 0.3) is 22.2 Å². The highest BCUT2D eigenvalue weighted by atomic mass is 16.5. The second kappa shape index (κ2) is 11.3. The molecule has 0 atom stereocenters. The lowest BCUT2D eigenvalue weighted by Gasteiger charge is -2.13. The number of methoxy groups -OCH3 is 5. The van der Waals surface area contributed by atoms with Crippen LogP contribution in [0, 0.1) is 0 Å². The second-order valence-corrected chi connectivity index (χ2v) is 7.80. The van der Waals surface area contributed by atoms with Crippen molar-refractivity contribution in [1.82, 2.24) is 10.4 Å². The number of para-hydroxylation sites is 1. The summed E-state index contributed by atoms with van der Waals surface area (Å²) in [6, 6.07) is 18.1. The zero-order valence-corrected chi connectivity index (χ0v) is 21.2. The zero-order chi connectivity index (χ0) is 26.4. The third-order valence-corrected chi connectivity index (χ3v) is 5.71. The van der Waals surface area contributed by atoms with E-state index in [-0.39, 0.29) is 5.91 Å². The molecule has 1 amide bonds. The lowest BCUT2D eigenvalue weighted by molar-refractivity contribution is 0.0956. The quantitative estimate of drug-likeness (QED) is 0.262. The van der Waals surface area contributed by atoms with Crippen LogP contribution in [0.1, 0.15) is 15.9 Å². The van der Waals surface area contributed by atoms with E-state index in [4.69, 9.17) is 28.7 Å². The fourth-order valence-corrected chi connectivity index (χ4v) is 3.91. The number of fused-ring (bicyclic) bond motifs is 1. The molecule has 0 spiro atoms. The highest BCUT2D eigenvalue weighted by Crippen LogP contribution is 2.38. The molecule has 1 heterocycles. The monoisotopic (exact) mass is 501 g/mol. The number of rotatable bonds is 9. The van der Waals surface area contributed by atoms with Crippen molar-refractivity contribution in [2.75, 3.05) is 35.5 Å². The molecule has 0 aliphatic carbocycles. The van der Waals surface area contributed by atoms with E-state index in [2.05, 4.69) is 10.5 Å². The van der Waals surface area contributed by atoms with Crippen molar-refractivity contribution in [1.29, 1.82) is 0 Å². The number of nitrogens with zero attached hydrogens (tertiary/aromatic N) is 2. The van der Waals surface area contributed by atoms with Gasteiger partial charge in [-0.05, 0) is 42.5 Å². The summed E-state index contributed by atoms with van der Waals surface area (Å²) in [6.45, 7) is 0. The van der Waals surface area contributed by atoms with Gasteiger partial charge in [0, 0.05) is 16.5 Å². The fourth-order valence-electron chi connectivity index (χ4n) is 3.91. The number of carbonyl (C=O) groups is 1. The molecule has 4 aromatic rings. The summed E-state index contributed by atoms with van der Waals surface area (Å²) in [4.78, 5) is 18.0. The van der Waals surface area contributed by atoms with Gasteiger partial charge in [-0.1, -0.05) is 18.2 Å². The summed E-state index contributed by atoms with van der Waals surface area (Å²) >= 11 is 0. The molecule has 1 aromatic heterocycles. The molecule has 0 unspecified atom stereocenters. The molecule has 0 aliphatic heterocycles. The molecule has 4 rings (SSSR count). The number of hydrogen-bond acceptors (Lipinski definition) is 8. The molecule has 9 heteroatoms. The molecule has 0 fully saturated rings. The lowest BCUT2D eigenvalue weighted by atomic mass is 10.0. The van der Waals surface area contributed by atoms with Crippen LogP contribution in [0.2, 0.25) is 0 Å². The Labute approximate surface area is 214 Å². The number of aromatic nitrogens is 1. The summed E-state index contributed by atoms with van der Waals surface area (Å²) in [7, 11) is 7.74. The second-order valence-electron chi connectivity index (χ2n) is 7.80. The Hall–Kier alpha value is -4.79. The number of benzene rings is 3. The predicted octanol–water partition coefficient (Wildman–Crippen LogP) is 4.71. The molecule has 0 bridgehead atoms. The van der Waals surface area contributed by atoms with Crippen LogP contribution < -0.4 is 29.1 Å². The molecule has 0 saturated heterocycles. The van der Waals surface area contributed by atoms with Gasteiger partial charge in [0.15, 0.2) is 23.0 Å². The van der Waals surface area contributed by atoms with E-state index in [9.17, 15) is 4.79 Å². The molecule has 37 heavy (non-hydrogen) atoms. The largest absolute Gasteiger partial charge is 0.493 e. The normalized spacial score (nSPS) is 10.8. The highest BCUT2D eigenvalue weighted by molar-refractivity contribution is 6.07. The van der Waals surface area contributed by atoms with Crippen LogP contribution in [0.3, 0.4) is 0 Å². The summed E-state index contributed by atoms with van der Waals surface area (Å²) in [6.07, 6.45) is 1.50. The van der Waals surface area contributed by atoms with Crippen LogP contribution in [0.15, 0.2) is 65.8 Å². The van der Waals surface area contributed by atoms with E-state index >= 15 is 0 Å². The number of nitrogens with one attached hydrogen (secondary N) is 1. The first-order valence-electron chi connectivity index (χ1n) is 11.3. The number of pyridine rings is 1. The Morgan fingerprint density at radius 1 is 0.784 bits per heavy atom. The third-order valence-electron chi connectivity index (χ3n) is 5.71. The molecular weight excluding hydrogens is 474 g/mol. The van der Waals surface area contributed by atoms with Gasteiger partial charge >= 0.3 is 0 Å². The fraction of sp³-hybridized carbons (Fsp3) is 0.179. The van der Waals surface area contributed by atoms with Crippen LogP contribution in [-0.4, -0.2) is 52.7 Å². The Bertz CT molecular complexity index is 1440. The van der Waals surface area contributed by atoms with Crippen molar-refractivity contribution in [3.63, 3.8) is 0 Å². The molecule has 3 aromatic carbocycles. The van der Waals surface area contributed by atoms with Crippen LogP contribution in [0.5, 0.6) is 28.7 Å². The van der Waals surface area contributed by atoms with Crippen molar-refractivity contribution >= 4 is 23.0 Å². The summed E-state index contributed by atoms with van der Waals surface area (Å²) in [5.74, 6) is 2.21. The summed E-state index contributed by atoms with van der Waals surface area (Å²) < 4.78 is 26.9. The van der Waals surface area contributed by atoms with E-state index < -0.39 is 0 Å². The predicted molar refractivity (Wildman–Crippen MR) is 141 cm³/mol. The van der Waals surface area contributed by atoms with Gasteiger partial charge in [-0.2, -0.15) is 5.10 Å². The average molecular weight is 502 g/mol. The van der Waals surface area contributed by atoms with Gasteiger partial charge in [0.1, 0.15) is 0 Å². The van der Waals surface area contributed by atoms with E-state index in [0.717, 1.165) is 5.56 Å². The zero-order valence-electron chi connectivity index (χ0n) is 21.2. The minimum Gasteiger partial charge on any atom is -0.493 e. The number of ether oxygens (including phenoxy) is 5. The van der Waals surface area contributed by atoms with Crippen LogP contribution in [0.4, 0.5) is 0 Å². The third kappa shape index (κ3) is 5.25. The molecular formula is C28H27N3O6. The van der Waals surface area contributed by atoms with Gasteiger partial charge in [-0.3, -0.25) is 4.79 Å².